The first-order valence-electron chi connectivity index (χ1n) is 6.92. The predicted molar refractivity (Wildman–Crippen MR) is 104 cm³/mol. The molecule has 1 amide bonds. The summed E-state index contributed by atoms with van der Waals surface area (Å²) in [6, 6.07) is 15.4. The van der Waals surface area contributed by atoms with Crippen LogP contribution in [0.25, 0.3) is 0 Å². The number of benzene rings is 2. The van der Waals surface area contributed by atoms with Gasteiger partial charge in [-0.3, -0.25) is 14.8 Å². The van der Waals surface area contributed by atoms with Crippen molar-refractivity contribution in [3.05, 3.63) is 63.7 Å². The van der Waals surface area contributed by atoms with Crippen LogP contribution in [0.4, 0.5) is 10.8 Å². The van der Waals surface area contributed by atoms with Crippen LogP contribution in [0.1, 0.15) is 10.4 Å². The number of amides is 1. The molecule has 0 aliphatic carbocycles. The average molecular weight is 486 g/mol. The normalized spacial score (nSPS) is 11.1. The summed E-state index contributed by atoms with van der Waals surface area (Å²) in [6.07, 6.45) is 0. The second-order valence-electron chi connectivity index (χ2n) is 4.81. The summed E-state index contributed by atoms with van der Waals surface area (Å²) >= 11 is 2.91. The quantitative estimate of drug-likeness (QED) is 0.426. The largest absolute Gasteiger partial charge is 0.296 e. The molecule has 1 heterocycles. The molecule has 2 aromatic carbocycles. The maximum Gasteiger partial charge on any atom is 0.291 e. The van der Waals surface area contributed by atoms with E-state index in [0.29, 0.717) is 11.3 Å². The predicted octanol–water partition coefficient (Wildman–Crippen LogP) is 3.20. The minimum Gasteiger partial charge on any atom is -0.296 e. The van der Waals surface area contributed by atoms with Gasteiger partial charge in [0.15, 0.2) is 0 Å². The van der Waals surface area contributed by atoms with Gasteiger partial charge in [0.25, 0.3) is 20.3 Å². The first-order chi connectivity index (χ1) is 11.9. The van der Waals surface area contributed by atoms with Crippen LogP contribution in [0.2, 0.25) is 0 Å². The first-order valence-corrected chi connectivity index (χ1v) is 10.3. The van der Waals surface area contributed by atoms with E-state index in [2.05, 4.69) is 42.8 Å². The van der Waals surface area contributed by atoms with E-state index in [1.54, 1.807) is 54.6 Å². The van der Waals surface area contributed by atoms with Gasteiger partial charge in [0.2, 0.25) is 5.13 Å². The van der Waals surface area contributed by atoms with Crippen molar-refractivity contribution in [3.8, 4) is 0 Å². The molecule has 0 atom stereocenters. The van der Waals surface area contributed by atoms with Gasteiger partial charge in [0, 0.05) is 14.8 Å². The highest BCUT2D eigenvalue weighted by atomic mass is 127. The summed E-state index contributed by atoms with van der Waals surface area (Å²) in [5.41, 5.74) is 0.865. The van der Waals surface area contributed by atoms with E-state index >= 15 is 0 Å². The summed E-state index contributed by atoms with van der Waals surface area (Å²) in [5.74, 6) is -0.383. The molecule has 10 heteroatoms. The Morgan fingerprint density at radius 1 is 1.00 bits per heavy atom. The molecule has 0 saturated carbocycles. The summed E-state index contributed by atoms with van der Waals surface area (Å²) in [7, 11) is -3.86. The fourth-order valence-corrected chi connectivity index (χ4v) is 4.16. The third-order valence-electron chi connectivity index (χ3n) is 2.99. The monoisotopic (exact) mass is 486 g/mol. The lowest BCUT2D eigenvalue weighted by Gasteiger charge is -2.04. The number of hydrogen-bond donors (Lipinski definition) is 2. The van der Waals surface area contributed by atoms with Crippen molar-refractivity contribution in [2.75, 3.05) is 10.0 Å². The lowest BCUT2D eigenvalue weighted by atomic mass is 10.2. The third kappa shape index (κ3) is 4.52. The van der Waals surface area contributed by atoms with E-state index in [9.17, 15) is 13.2 Å². The Morgan fingerprint density at radius 2 is 1.68 bits per heavy atom. The fraction of sp³-hybridized carbons (Fsp3) is 0. The van der Waals surface area contributed by atoms with Crippen molar-refractivity contribution in [3.63, 3.8) is 0 Å². The van der Waals surface area contributed by atoms with E-state index in [-0.39, 0.29) is 15.4 Å². The van der Waals surface area contributed by atoms with Gasteiger partial charge >= 0.3 is 0 Å². The van der Waals surface area contributed by atoms with Crippen LogP contribution in [0.15, 0.2) is 58.9 Å². The topological polar surface area (TPSA) is 101 Å². The molecule has 0 aliphatic rings. The van der Waals surface area contributed by atoms with Crippen LogP contribution in [-0.4, -0.2) is 24.5 Å². The Balaban J connectivity index is 1.74. The number of nitrogens with zero attached hydrogens (tertiary/aromatic N) is 2. The fourth-order valence-electron chi connectivity index (χ4n) is 1.84. The maximum atomic E-state index is 12.3. The second-order valence-corrected chi connectivity index (χ2v) is 8.88. The Hall–Kier alpha value is -2.05. The smallest absolute Gasteiger partial charge is 0.291 e. The van der Waals surface area contributed by atoms with Gasteiger partial charge in [0.1, 0.15) is 0 Å². The highest BCUT2D eigenvalue weighted by molar-refractivity contribution is 14.1. The first kappa shape index (κ1) is 17.8. The van der Waals surface area contributed by atoms with Crippen LogP contribution >= 0.6 is 33.9 Å². The molecule has 0 spiro atoms. The number of aromatic nitrogens is 2. The Labute approximate surface area is 161 Å². The summed E-state index contributed by atoms with van der Waals surface area (Å²) in [4.78, 5) is 12.1. The number of rotatable bonds is 5. The lowest BCUT2D eigenvalue weighted by Crippen LogP contribution is -2.12. The number of nitrogens with one attached hydrogen (secondary N) is 2. The van der Waals surface area contributed by atoms with Crippen LogP contribution in [0, 0.1) is 3.57 Å². The van der Waals surface area contributed by atoms with Crippen LogP contribution < -0.4 is 10.0 Å². The molecule has 7 nitrogen and oxygen atoms in total. The van der Waals surface area contributed by atoms with Crippen LogP contribution in [-0.2, 0) is 10.0 Å². The molecule has 0 aliphatic heterocycles. The Morgan fingerprint density at radius 3 is 2.36 bits per heavy atom. The van der Waals surface area contributed by atoms with Crippen LogP contribution in [0.5, 0.6) is 0 Å². The van der Waals surface area contributed by atoms with E-state index < -0.39 is 10.0 Å². The van der Waals surface area contributed by atoms with Gasteiger partial charge < -0.3 is 0 Å². The average Bonchev–Trinajstić information content (AvgIpc) is 3.07. The summed E-state index contributed by atoms with van der Waals surface area (Å²) in [6.45, 7) is 0. The number of anilines is 2. The molecule has 3 rings (SSSR count). The van der Waals surface area contributed by atoms with Gasteiger partial charge in [-0.15, -0.1) is 10.2 Å². The van der Waals surface area contributed by atoms with Gasteiger partial charge in [-0.25, -0.2) is 0 Å². The minimum atomic E-state index is -3.86. The number of sulfonamides is 1. The lowest BCUT2D eigenvalue weighted by molar-refractivity contribution is 0.102. The van der Waals surface area contributed by atoms with Gasteiger partial charge in [-0.05, 0) is 59.0 Å². The van der Waals surface area contributed by atoms with E-state index in [4.69, 9.17) is 0 Å². The Kier molecular flexibility index (Phi) is 5.30. The number of halogens is 1. The molecular weight excluding hydrogens is 475 g/mol. The van der Waals surface area contributed by atoms with E-state index in [1.807, 2.05) is 0 Å². The van der Waals surface area contributed by atoms with Crippen molar-refractivity contribution in [1.82, 2.24) is 10.2 Å². The number of carbonyl (C=O) groups is 1. The molecule has 0 radical (unpaired) electrons. The molecule has 0 fully saturated rings. The van der Waals surface area contributed by atoms with Crippen LogP contribution in [0.3, 0.4) is 0 Å². The second kappa shape index (κ2) is 7.45. The summed E-state index contributed by atoms with van der Waals surface area (Å²) < 4.78 is 27.9. The third-order valence-corrected chi connectivity index (χ3v) is 6.30. The summed E-state index contributed by atoms with van der Waals surface area (Å²) in [5, 5.41) is 10.0. The van der Waals surface area contributed by atoms with Crippen molar-refractivity contribution in [2.24, 2.45) is 0 Å². The number of carbonyl (C=O) groups excluding carboxylic acids is 1. The van der Waals surface area contributed by atoms with E-state index in [1.165, 1.54) is 0 Å². The zero-order chi connectivity index (χ0) is 17.9. The Bertz CT molecular complexity index is 989. The molecular formula is C15H11IN4O3S2. The van der Waals surface area contributed by atoms with Crippen molar-refractivity contribution in [1.29, 1.82) is 0 Å². The maximum absolute atomic E-state index is 12.3. The van der Waals surface area contributed by atoms with Crippen molar-refractivity contribution < 1.29 is 13.2 Å². The SMILES string of the molecule is O=C(Nc1nnc(S(=O)(=O)Nc2ccc(I)cc2)s1)c1ccccc1. The number of hydrogen-bond acceptors (Lipinski definition) is 6. The standard InChI is InChI=1S/C15H11IN4O3S2/c16-11-6-8-12(9-7-11)20-25(22,23)15-19-18-14(24-15)17-13(21)10-4-2-1-3-5-10/h1-9,20H,(H,17,18,21). The molecule has 0 unspecified atom stereocenters. The molecule has 0 bridgehead atoms. The zero-order valence-corrected chi connectivity index (χ0v) is 16.3. The highest BCUT2D eigenvalue weighted by Crippen LogP contribution is 2.23. The minimum absolute atomic E-state index is 0.108. The molecule has 1 aromatic heterocycles. The molecule has 25 heavy (non-hydrogen) atoms. The zero-order valence-electron chi connectivity index (χ0n) is 12.5. The van der Waals surface area contributed by atoms with Crippen molar-refractivity contribution in [2.45, 2.75) is 4.34 Å². The molecule has 128 valence electrons. The molecule has 3 aromatic rings. The highest BCUT2D eigenvalue weighted by Gasteiger charge is 2.21. The van der Waals surface area contributed by atoms with Gasteiger partial charge in [-0.2, -0.15) is 8.42 Å². The molecule has 0 saturated heterocycles. The van der Waals surface area contributed by atoms with Gasteiger partial charge in [0.05, 0.1) is 0 Å². The molecule has 2 N–H and O–H groups in total. The van der Waals surface area contributed by atoms with Gasteiger partial charge in [-0.1, -0.05) is 29.5 Å². The van der Waals surface area contributed by atoms with E-state index in [0.717, 1.165) is 14.9 Å². The van der Waals surface area contributed by atoms with Crippen molar-refractivity contribution >= 4 is 60.7 Å².